The number of rotatable bonds is 5. The molecular weight excluding hydrogens is 499 g/mol. The summed E-state index contributed by atoms with van der Waals surface area (Å²) >= 11 is 0. The van der Waals surface area contributed by atoms with Crippen LogP contribution in [0.5, 0.6) is 5.88 Å². The highest BCUT2D eigenvalue weighted by Gasteiger charge is 2.32. The summed E-state index contributed by atoms with van der Waals surface area (Å²) < 4.78 is 44.5. The molecule has 0 atom stereocenters. The Morgan fingerprint density at radius 2 is 1.84 bits per heavy atom. The molecule has 1 aromatic carbocycles. The number of benzene rings is 1. The summed E-state index contributed by atoms with van der Waals surface area (Å²) in [5.41, 5.74) is 1.49. The first-order chi connectivity index (χ1) is 18.2. The average molecular weight is 524 g/mol. The molecule has 1 fully saturated rings. The van der Waals surface area contributed by atoms with Crippen molar-refractivity contribution in [2.45, 2.75) is 24.9 Å². The predicted octanol–water partition coefficient (Wildman–Crippen LogP) is 5.26. The molecule has 1 aliphatic rings. The zero-order valence-corrected chi connectivity index (χ0v) is 20.4. The minimum atomic E-state index is -4.54. The lowest BCUT2D eigenvalue weighted by molar-refractivity contribution is -0.137. The third kappa shape index (κ3) is 5.17. The first-order valence-corrected chi connectivity index (χ1v) is 12.0. The van der Waals surface area contributed by atoms with E-state index < -0.39 is 11.7 Å². The molecule has 0 aliphatic carbocycles. The number of aromatic amines is 1. The highest BCUT2D eigenvalue weighted by molar-refractivity contribution is 6.06. The molecule has 5 rings (SSSR count). The number of alkyl halides is 3. The fourth-order valence-corrected chi connectivity index (χ4v) is 4.61. The number of ether oxygens (including phenoxy) is 1. The van der Waals surface area contributed by atoms with Crippen molar-refractivity contribution in [3.05, 3.63) is 83.3 Å². The number of fused-ring (bicyclic) bond motifs is 1. The van der Waals surface area contributed by atoms with Gasteiger partial charge in [-0.1, -0.05) is 18.2 Å². The largest absolute Gasteiger partial charge is 0.481 e. The molecule has 2 amide bonds. The number of nitrogens with zero attached hydrogens (tertiary/aromatic N) is 3. The second kappa shape index (κ2) is 10.2. The number of anilines is 1. The lowest BCUT2D eigenvalue weighted by atomic mass is 9.89. The zero-order valence-electron chi connectivity index (χ0n) is 20.4. The number of carbonyl (C=O) groups is 2. The van der Waals surface area contributed by atoms with E-state index in [0.717, 1.165) is 17.8 Å². The second-order valence-electron chi connectivity index (χ2n) is 9.03. The fraction of sp³-hybridized carbons (Fsp3) is 0.259. The number of piperidine rings is 1. The van der Waals surface area contributed by atoms with Gasteiger partial charge in [0.25, 0.3) is 11.8 Å². The Morgan fingerprint density at radius 3 is 2.53 bits per heavy atom. The van der Waals surface area contributed by atoms with Gasteiger partial charge in [-0.15, -0.1) is 0 Å². The summed E-state index contributed by atoms with van der Waals surface area (Å²) in [5, 5.41) is 2.98. The summed E-state index contributed by atoms with van der Waals surface area (Å²) in [6.45, 7) is 0.950. The molecule has 1 saturated heterocycles. The topological polar surface area (TPSA) is 100 Å². The van der Waals surface area contributed by atoms with Gasteiger partial charge < -0.3 is 19.9 Å². The van der Waals surface area contributed by atoms with Gasteiger partial charge in [0.1, 0.15) is 11.3 Å². The third-order valence-electron chi connectivity index (χ3n) is 6.68. The molecule has 0 radical (unpaired) electrons. The number of methoxy groups -OCH3 is 1. The van der Waals surface area contributed by atoms with E-state index in [0.29, 0.717) is 37.5 Å². The standard InChI is InChI=1S/C27H24F3N5O3/c1-38-23-4-2-3-22(34-23)25(36)33-19-7-5-16(6-8-19)17-9-11-35(12-10-17)26(37)21-15-32-24-20(21)13-18(14-31-24)27(28,29)30/h2-8,13-15,17H,9-12H2,1H3,(H,31,32)(H,33,36). The maximum Gasteiger partial charge on any atom is 0.417 e. The Labute approximate surface area is 215 Å². The number of pyridine rings is 2. The number of halogens is 3. The number of aromatic nitrogens is 3. The van der Waals surface area contributed by atoms with E-state index in [1.165, 1.54) is 13.3 Å². The van der Waals surface area contributed by atoms with Crippen LogP contribution in [0.2, 0.25) is 0 Å². The molecule has 2 N–H and O–H groups in total. The lowest BCUT2D eigenvalue weighted by Gasteiger charge is -2.32. The van der Waals surface area contributed by atoms with Crippen molar-refractivity contribution in [1.82, 2.24) is 19.9 Å². The smallest absolute Gasteiger partial charge is 0.417 e. The maximum atomic E-state index is 13.1. The van der Waals surface area contributed by atoms with Crippen LogP contribution in [-0.2, 0) is 6.18 Å². The van der Waals surface area contributed by atoms with E-state index in [-0.39, 0.29) is 40.0 Å². The Hall–Kier alpha value is -4.41. The average Bonchev–Trinajstić information content (AvgIpc) is 3.36. The van der Waals surface area contributed by atoms with Crippen LogP contribution in [0.15, 0.2) is 60.9 Å². The van der Waals surface area contributed by atoms with Crippen molar-refractivity contribution in [2.24, 2.45) is 0 Å². The number of H-pyrrole nitrogens is 1. The van der Waals surface area contributed by atoms with Crippen LogP contribution in [0.25, 0.3) is 11.0 Å². The fourth-order valence-electron chi connectivity index (χ4n) is 4.61. The van der Waals surface area contributed by atoms with E-state index in [1.54, 1.807) is 23.1 Å². The van der Waals surface area contributed by atoms with E-state index in [1.807, 2.05) is 24.3 Å². The van der Waals surface area contributed by atoms with Crippen molar-refractivity contribution in [1.29, 1.82) is 0 Å². The number of hydrogen-bond acceptors (Lipinski definition) is 5. The van der Waals surface area contributed by atoms with Crippen molar-refractivity contribution in [3.8, 4) is 5.88 Å². The quantitative estimate of drug-likeness (QED) is 0.372. The number of amides is 2. The molecule has 0 saturated carbocycles. The van der Waals surface area contributed by atoms with Gasteiger partial charge in [0, 0.05) is 42.6 Å². The molecule has 11 heteroatoms. The predicted molar refractivity (Wildman–Crippen MR) is 134 cm³/mol. The van der Waals surface area contributed by atoms with Crippen LogP contribution in [0.3, 0.4) is 0 Å². The molecule has 0 unspecified atom stereocenters. The molecular formula is C27H24F3N5O3. The van der Waals surface area contributed by atoms with Crippen LogP contribution < -0.4 is 10.1 Å². The molecule has 1 aliphatic heterocycles. The summed E-state index contributed by atoms with van der Waals surface area (Å²) in [6.07, 6.45) is -0.952. The van der Waals surface area contributed by atoms with Crippen molar-refractivity contribution in [3.63, 3.8) is 0 Å². The van der Waals surface area contributed by atoms with Crippen molar-refractivity contribution < 1.29 is 27.5 Å². The zero-order chi connectivity index (χ0) is 26.9. The molecule has 8 nitrogen and oxygen atoms in total. The second-order valence-corrected chi connectivity index (χ2v) is 9.03. The highest BCUT2D eigenvalue weighted by atomic mass is 19.4. The van der Waals surface area contributed by atoms with Gasteiger partial charge in [0.15, 0.2) is 0 Å². The SMILES string of the molecule is COc1cccc(C(=O)Nc2ccc(C3CCN(C(=O)c4c[nH]c5ncc(C(F)(F)F)cc45)CC3)cc2)n1. The van der Waals surface area contributed by atoms with Crippen LogP contribution >= 0.6 is 0 Å². The van der Waals surface area contributed by atoms with Gasteiger partial charge in [-0.3, -0.25) is 9.59 Å². The van der Waals surface area contributed by atoms with Gasteiger partial charge in [0.05, 0.1) is 18.2 Å². The third-order valence-corrected chi connectivity index (χ3v) is 6.68. The monoisotopic (exact) mass is 523 g/mol. The Bertz CT molecular complexity index is 1480. The van der Waals surface area contributed by atoms with Crippen molar-refractivity contribution in [2.75, 3.05) is 25.5 Å². The van der Waals surface area contributed by atoms with Gasteiger partial charge in [0.2, 0.25) is 5.88 Å². The minimum absolute atomic E-state index is 0.161. The van der Waals surface area contributed by atoms with Gasteiger partial charge in [-0.25, -0.2) is 9.97 Å². The molecule has 38 heavy (non-hydrogen) atoms. The summed E-state index contributed by atoms with van der Waals surface area (Å²) in [6, 6.07) is 13.4. The first-order valence-electron chi connectivity index (χ1n) is 12.0. The van der Waals surface area contributed by atoms with Crippen molar-refractivity contribution >= 4 is 28.5 Å². The van der Waals surface area contributed by atoms with Crippen LogP contribution in [0, 0.1) is 0 Å². The highest BCUT2D eigenvalue weighted by Crippen LogP contribution is 2.33. The maximum absolute atomic E-state index is 13.1. The number of carbonyl (C=O) groups excluding carboxylic acids is 2. The van der Waals surface area contributed by atoms with Gasteiger partial charge in [-0.2, -0.15) is 13.2 Å². The minimum Gasteiger partial charge on any atom is -0.481 e. The number of hydrogen-bond donors (Lipinski definition) is 2. The lowest BCUT2D eigenvalue weighted by Crippen LogP contribution is -2.37. The van der Waals surface area contributed by atoms with E-state index in [9.17, 15) is 22.8 Å². The molecule has 4 aromatic rings. The van der Waals surface area contributed by atoms with E-state index in [2.05, 4.69) is 20.3 Å². The van der Waals surface area contributed by atoms with Crippen LogP contribution in [-0.4, -0.2) is 51.9 Å². The summed E-state index contributed by atoms with van der Waals surface area (Å²) in [5.74, 6) is -0.103. The molecule has 3 aromatic heterocycles. The molecule has 196 valence electrons. The first kappa shape index (κ1) is 25.2. The number of likely N-dealkylation sites (tertiary alicyclic amines) is 1. The summed E-state index contributed by atoms with van der Waals surface area (Å²) in [7, 11) is 1.48. The molecule has 0 bridgehead atoms. The number of nitrogens with one attached hydrogen (secondary N) is 2. The molecule has 0 spiro atoms. The summed E-state index contributed by atoms with van der Waals surface area (Å²) in [4.78, 5) is 38.0. The normalized spacial score (nSPS) is 14.5. The van der Waals surface area contributed by atoms with Crippen LogP contribution in [0.1, 0.15) is 50.7 Å². The van der Waals surface area contributed by atoms with Gasteiger partial charge >= 0.3 is 6.18 Å². The Kier molecular flexibility index (Phi) is 6.75. The van der Waals surface area contributed by atoms with E-state index in [4.69, 9.17) is 4.74 Å². The Morgan fingerprint density at radius 1 is 1.11 bits per heavy atom. The Balaban J connectivity index is 1.21. The van der Waals surface area contributed by atoms with E-state index >= 15 is 0 Å². The van der Waals surface area contributed by atoms with Crippen LogP contribution in [0.4, 0.5) is 18.9 Å². The van der Waals surface area contributed by atoms with Gasteiger partial charge in [-0.05, 0) is 48.6 Å². The molecule has 4 heterocycles.